The molecule has 0 atom stereocenters. The minimum atomic E-state index is -0.642. The number of H-pyrrole nitrogens is 1. The first-order valence-corrected chi connectivity index (χ1v) is 3.73. The maximum absolute atomic E-state index is 13.0. The number of nitrogens with one attached hydrogen (secondary N) is 2. The number of rotatable bonds is 1. The molecular weight excluding hydrogens is 176 g/mol. The van der Waals surface area contributed by atoms with Gasteiger partial charge in [-0.05, 0) is 6.07 Å². The van der Waals surface area contributed by atoms with E-state index in [1.54, 1.807) is 7.05 Å². The number of anilines is 1. The van der Waals surface area contributed by atoms with Gasteiger partial charge in [0.15, 0.2) is 0 Å². The van der Waals surface area contributed by atoms with Crippen LogP contribution in [0.1, 0.15) is 0 Å². The van der Waals surface area contributed by atoms with Gasteiger partial charge >= 0.3 is 0 Å². The summed E-state index contributed by atoms with van der Waals surface area (Å²) in [7, 11) is 1.55. The predicted molar refractivity (Wildman–Crippen MR) is 45.6 cm³/mol. The molecule has 2 aromatic heterocycles. The summed E-state index contributed by atoms with van der Waals surface area (Å²) in [5.74, 6) is -1.07. The highest BCUT2D eigenvalue weighted by molar-refractivity contribution is 5.79. The first-order chi connectivity index (χ1) is 6.22. The van der Waals surface area contributed by atoms with Crippen molar-refractivity contribution in [3.05, 3.63) is 24.0 Å². The molecule has 0 saturated carbocycles. The summed E-state index contributed by atoms with van der Waals surface area (Å²) in [5, 5.41) is 2.87. The van der Waals surface area contributed by atoms with Crippen molar-refractivity contribution in [1.82, 2.24) is 9.97 Å². The van der Waals surface area contributed by atoms with Gasteiger partial charge in [-0.3, -0.25) is 0 Å². The van der Waals surface area contributed by atoms with Crippen LogP contribution in [0.15, 0.2) is 12.3 Å². The monoisotopic (exact) mass is 183 g/mol. The predicted octanol–water partition coefficient (Wildman–Crippen LogP) is 1.88. The number of fused-ring (bicyclic) bond motifs is 1. The smallest absolute Gasteiger partial charge is 0.238 e. The Balaban J connectivity index is 2.77. The number of halogens is 2. The summed E-state index contributed by atoms with van der Waals surface area (Å²) < 4.78 is 26.0. The Labute approximate surface area is 72.8 Å². The number of hydrogen-bond acceptors (Lipinski definition) is 2. The summed E-state index contributed by atoms with van der Waals surface area (Å²) in [5.41, 5.74) is 0.403. The fourth-order valence-corrected chi connectivity index (χ4v) is 1.17. The van der Waals surface area contributed by atoms with Gasteiger partial charge < -0.3 is 10.3 Å². The average molecular weight is 183 g/mol. The van der Waals surface area contributed by atoms with Crippen molar-refractivity contribution in [3.8, 4) is 0 Å². The zero-order chi connectivity index (χ0) is 9.42. The number of nitrogens with zero attached hydrogens (tertiary/aromatic N) is 1. The van der Waals surface area contributed by atoms with Gasteiger partial charge in [0, 0.05) is 13.2 Å². The lowest BCUT2D eigenvalue weighted by Crippen LogP contribution is -1.95. The van der Waals surface area contributed by atoms with Gasteiger partial charge in [0.2, 0.25) is 5.95 Å². The average Bonchev–Trinajstić information content (AvgIpc) is 2.46. The molecule has 0 aliphatic heterocycles. The standard InChI is InChI=1S/C8H7F2N3/c1-11-6-2-4-5(9)3-12-8(4)13-7(6)10/h2-3,11H,1H3,(H,12,13). The molecule has 0 radical (unpaired) electrons. The molecule has 2 N–H and O–H groups in total. The molecule has 0 aliphatic carbocycles. The number of hydrogen-bond donors (Lipinski definition) is 2. The second kappa shape index (κ2) is 2.69. The quantitative estimate of drug-likeness (QED) is 0.663. The number of aromatic amines is 1. The van der Waals surface area contributed by atoms with E-state index in [0.717, 1.165) is 6.20 Å². The van der Waals surface area contributed by atoms with Crippen molar-refractivity contribution in [2.24, 2.45) is 0 Å². The van der Waals surface area contributed by atoms with Crippen molar-refractivity contribution in [3.63, 3.8) is 0 Å². The molecule has 0 aliphatic rings. The Bertz CT molecular complexity index is 450. The summed E-state index contributed by atoms with van der Waals surface area (Å²) in [6.45, 7) is 0. The molecule has 0 saturated heterocycles. The number of pyridine rings is 1. The van der Waals surface area contributed by atoms with E-state index in [0.29, 0.717) is 0 Å². The minimum absolute atomic E-state index is 0.186. The first-order valence-electron chi connectivity index (χ1n) is 3.73. The van der Waals surface area contributed by atoms with Crippen molar-refractivity contribution < 1.29 is 8.78 Å². The molecule has 0 fully saturated rings. The van der Waals surface area contributed by atoms with Crippen LogP contribution in [-0.4, -0.2) is 17.0 Å². The summed E-state index contributed by atoms with van der Waals surface area (Å²) in [6, 6.07) is 1.38. The van der Waals surface area contributed by atoms with Crippen LogP contribution in [0.2, 0.25) is 0 Å². The molecule has 0 unspecified atom stereocenters. The van der Waals surface area contributed by atoms with E-state index in [4.69, 9.17) is 0 Å². The molecule has 2 rings (SSSR count). The van der Waals surface area contributed by atoms with Gasteiger partial charge in [-0.2, -0.15) is 9.37 Å². The molecule has 2 heterocycles. The molecular formula is C8H7F2N3. The lowest BCUT2D eigenvalue weighted by Gasteiger charge is -2.00. The summed E-state index contributed by atoms with van der Waals surface area (Å²) in [4.78, 5) is 6.07. The normalized spacial score (nSPS) is 10.7. The Morgan fingerprint density at radius 2 is 2.23 bits per heavy atom. The molecule has 2 aromatic rings. The molecule has 0 amide bonds. The lowest BCUT2D eigenvalue weighted by atomic mass is 10.3. The second-order valence-electron chi connectivity index (χ2n) is 2.61. The SMILES string of the molecule is CNc1cc2c(F)c[nH]c2nc1F. The van der Waals surface area contributed by atoms with Crippen molar-refractivity contribution in [1.29, 1.82) is 0 Å². The molecule has 0 bridgehead atoms. The van der Waals surface area contributed by atoms with E-state index in [2.05, 4.69) is 15.3 Å². The van der Waals surface area contributed by atoms with Gasteiger partial charge in [-0.25, -0.2) is 4.39 Å². The van der Waals surface area contributed by atoms with Crippen LogP contribution < -0.4 is 5.32 Å². The molecule has 5 heteroatoms. The van der Waals surface area contributed by atoms with Gasteiger partial charge in [0.05, 0.1) is 11.1 Å². The third-order valence-corrected chi connectivity index (χ3v) is 1.84. The van der Waals surface area contributed by atoms with Gasteiger partial charge in [0.1, 0.15) is 11.5 Å². The van der Waals surface area contributed by atoms with Gasteiger partial charge in [-0.1, -0.05) is 0 Å². The molecule has 0 spiro atoms. The maximum atomic E-state index is 13.0. The largest absolute Gasteiger partial charge is 0.384 e. The third kappa shape index (κ3) is 1.12. The Kier molecular flexibility index (Phi) is 1.65. The Hall–Kier alpha value is -1.65. The maximum Gasteiger partial charge on any atom is 0.238 e. The molecule has 0 aromatic carbocycles. The lowest BCUT2D eigenvalue weighted by molar-refractivity contribution is 0.592. The van der Waals surface area contributed by atoms with Crippen LogP contribution in [0.4, 0.5) is 14.5 Å². The van der Waals surface area contributed by atoms with Crippen molar-refractivity contribution in [2.75, 3.05) is 12.4 Å². The highest BCUT2D eigenvalue weighted by Gasteiger charge is 2.09. The van der Waals surface area contributed by atoms with E-state index >= 15 is 0 Å². The van der Waals surface area contributed by atoms with E-state index in [1.807, 2.05) is 0 Å². The molecule has 13 heavy (non-hydrogen) atoms. The van der Waals surface area contributed by atoms with E-state index in [9.17, 15) is 8.78 Å². The number of aromatic nitrogens is 2. The van der Waals surface area contributed by atoms with Crippen LogP contribution in [0, 0.1) is 11.8 Å². The zero-order valence-electron chi connectivity index (χ0n) is 6.86. The van der Waals surface area contributed by atoms with Crippen LogP contribution in [-0.2, 0) is 0 Å². The minimum Gasteiger partial charge on any atom is -0.384 e. The van der Waals surface area contributed by atoms with Crippen LogP contribution >= 0.6 is 0 Å². The Morgan fingerprint density at radius 1 is 1.46 bits per heavy atom. The van der Waals surface area contributed by atoms with Crippen molar-refractivity contribution in [2.45, 2.75) is 0 Å². The highest BCUT2D eigenvalue weighted by atomic mass is 19.1. The summed E-state index contributed by atoms with van der Waals surface area (Å²) in [6.07, 6.45) is 1.15. The van der Waals surface area contributed by atoms with E-state index in [1.165, 1.54) is 6.07 Å². The fourth-order valence-electron chi connectivity index (χ4n) is 1.17. The Morgan fingerprint density at radius 3 is 2.92 bits per heavy atom. The first kappa shape index (κ1) is 7.97. The molecule has 3 nitrogen and oxygen atoms in total. The third-order valence-electron chi connectivity index (χ3n) is 1.84. The topological polar surface area (TPSA) is 40.7 Å². The zero-order valence-corrected chi connectivity index (χ0v) is 6.86. The second-order valence-corrected chi connectivity index (χ2v) is 2.61. The van der Waals surface area contributed by atoms with Crippen LogP contribution in [0.25, 0.3) is 11.0 Å². The van der Waals surface area contributed by atoms with Crippen molar-refractivity contribution >= 4 is 16.7 Å². The van der Waals surface area contributed by atoms with Gasteiger partial charge in [-0.15, -0.1) is 0 Å². The van der Waals surface area contributed by atoms with Gasteiger partial charge in [0.25, 0.3) is 0 Å². The fraction of sp³-hybridized carbons (Fsp3) is 0.125. The van der Waals surface area contributed by atoms with E-state index in [-0.39, 0.29) is 16.7 Å². The van der Waals surface area contributed by atoms with E-state index < -0.39 is 11.8 Å². The van der Waals surface area contributed by atoms with Crippen LogP contribution in [0.3, 0.4) is 0 Å². The van der Waals surface area contributed by atoms with Crippen LogP contribution in [0.5, 0.6) is 0 Å². The summed E-state index contributed by atoms with van der Waals surface area (Å²) >= 11 is 0. The molecule has 68 valence electrons. The highest BCUT2D eigenvalue weighted by Crippen LogP contribution is 2.20.